The van der Waals surface area contributed by atoms with Crippen molar-refractivity contribution in [3.05, 3.63) is 90.2 Å². The Balaban J connectivity index is 1.52. The van der Waals surface area contributed by atoms with Gasteiger partial charge in [-0.2, -0.15) is 0 Å². The van der Waals surface area contributed by atoms with Crippen molar-refractivity contribution in [3.63, 3.8) is 0 Å². The quantitative estimate of drug-likeness (QED) is 0.421. The van der Waals surface area contributed by atoms with Crippen molar-refractivity contribution in [2.24, 2.45) is 0 Å². The summed E-state index contributed by atoms with van der Waals surface area (Å²) in [5.74, 6) is -0.317. The van der Waals surface area contributed by atoms with Crippen molar-refractivity contribution in [2.75, 3.05) is 13.7 Å². The molecule has 0 aliphatic rings. The van der Waals surface area contributed by atoms with Crippen molar-refractivity contribution in [1.82, 2.24) is 9.88 Å². The fourth-order valence-electron chi connectivity index (χ4n) is 3.37. The molecule has 2 aromatic carbocycles. The van der Waals surface area contributed by atoms with Crippen LogP contribution in [0.15, 0.2) is 83.5 Å². The standard InChI is InChI=1S/C25H22N2O4/c1-17(18-9-4-3-5-10-18)27(2)24(28)16-31-25(29)20-15-22(23-13-8-14-30-23)26-21-12-7-6-11-19(20)21/h3-15,17H,16H2,1-2H3. The third kappa shape index (κ3) is 4.33. The van der Waals surface area contributed by atoms with Crippen LogP contribution in [0, 0.1) is 0 Å². The number of amides is 1. The van der Waals surface area contributed by atoms with Crippen LogP contribution in [0.3, 0.4) is 0 Å². The maximum Gasteiger partial charge on any atom is 0.339 e. The number of carbonyl (C=O) groups is 2. The topological polar surface area (TPSA) is 72.6 Å². The lowest BCUT2D eigenvalue weighted by atomic mass is 10.1. The van der Waals surface area contributed by atoms with Crippen molar-refractivity contribution in [2.45, 2.75) is 13.0 Å². The van der Waals surface area contributed by atoms with E-state index in [1.807, 2.05) is 55.5 Å². The Bertz CT molecular complexity index is 1200. The van der Waals surface area contributed by atoms with E-state index in [4.69, 9.17) is 9.15 Å². The molecule has 0 aliphatic carbocycles. The summed E-state index contributed by atoms with van der Waals surface area (Å²) in [5.41, 5.74) is 2.51. The van der Waals surface area contributed by atoms with Crippen molar-refractivity contribution in [1.29, 1.82) is 0 Å². The van der Waals surface area contributed by atoms with E-state index in [2.05, 4.69) is 4.98 Å². The molecule has 31 heavy (non-hydrogen) atoms. The normalized spacial score (nSPS) is 11.8. The molecule has 2 aromatic heterocycles. The SMILES string of the molecule is CC(c1ccccc1)N(C)C(=O)COC(=O)c1cc(-c2ccco2)nc2ccccc12. The van der Waals surface area contributed by atoms with Crippen molar-refractivity contribution < 1.29 is 18.7 Å². The van der Waals surface area contributed by atoms with E-state index in [-0.39, 0.29) is 18.6 Å². The first-order valence-corrected chi connectivity index (χ1v) is 9.96. The van der Waals surface area contributed by atoms with E-state index in [9.17, 15) is 9.59 Å². The summed E-state index contributed by atoms with van der Waals surface area (Å²) in [5, 5.41) is 0.654. The molecule has 156 valence electrons. The molecule has 1 amide bonds. The average molecular weight is 414 g/mol. The van der Waals surface area contributed by atoms with Crippen LogP contribution in [0.2, 0.25) is 0 Å². The number of hydrogen-bond acceptors (Lipinski definition) is 5. The minimum atomic E-state index is -0.583. The largest absolute Gasteiger partial charge is 0.463 e. The first-order chi connectivity index (χ1) is 15.0. The summed E-state index contributed by atoms with van der Waals surface area (Å²) >= 11 is 0. The molecular formula is C25H22N2O4. The molecule has 0 saturated heterocycles. The van der Waals surface area contributed by atoms with Crippen molar-refractivity contribution in [3.8, 4) is 11.5 Å². The third-order valence-corrected chi connectivity index (χ3v) is 5.29. The third-order valence-electron chi connectivity index (χ3n) is 5.29. The summed E-state index contributed by atoms with van der Waals surface area (Å²) < 4.78 is 10.8. The van der Waals surface area contributed by atoms with E-state index in [0.29, 0.717) is 27.9 Å². The van der Waals surface area contributed by atoms with Crippen LogP contribution < -0.4 is 0 Å². The number of para-hydroxylation sites is 1. The number of rotatable bonds is 6. The number of esters is 1. The van der Waals surface area contributed by atoms with Crippen molar-refractivity contribution >= 4 is 22.8 Å². The van der Waals surface area contributed by atoms with Crippen LogP contribution in [0.1, 0.15) is 28.9 Å². The molecule has 0 N–H and O–H groups in total. The summed E-state index contributed by atoms with van der Waals surface area (Å²) in [6.07, 6.45) is 1.55. The Morgan fingerprint density at radius 3 is 2.52 bits per heavy atom. The maximum atomic E-state index is 12.9. The molecule has 0 spiro atoms. The first-order valence-electron chi connectivity index (χ1n) is 9.96. The average Bonchev–Trinajstić information content (AvgIpc) is 3.36. The Morgan fingerprint density at radius 1 is 1.03 bits per heavy atom. The van der Waals surface area contributed by atoms with Gasteiger partial charge in [0, 0.05) is 12.4 Å². The van der Waals surface area contributed by atoms with Crippen LogP contribution in [0.25, 0.3) is 22.4 Å². The first kappa shape index (κ1) is 20.3. The number of fused-ring (bicyclic) bond motifs is 1. The number of carbonyl (C=O) groups excluding carboxylic acids is 2. The highest BCUT2D eigenvalue weighted by atomic mass is 16.5. The number of ether oxygens (including phenoxy) is 1. The predicted molar refractivity (Wildman–Crippen MR) is 117 cm³/mol. The lowest BCUT2D eigenvalue weighted by Crippen LogP contribution is -2.33. The number of pyridine rings is 1. The monoisotopic (exact) mass is 414 g/mol. The fraction of sp³-hybridized carbons (Fsp3) is 0.160. The molecule has 1 atom stereocenters. The van der Waals surface area contributed by atoms with E-state index in [1.54, 1.807) is 42.5 Å². The van der Waals surface area contributed by atoms with Crippen LogP contribution in [0.5, 0.6) is 0 Å². The Kier molecular flexibility index (Phi) is 5.80. The second-order valence-electron chi connectivity index (χ2n) is 7.22. The number of benzene rings is 2. The molecule has 0 fully saturated rings. The minimum absolute atomic E-state index is 0.139. The lowest BCUT2D eigenvalue weighted by molar-refractivity contribution is -0.135. The number of aromatic nitrogens is 1. The Labute approximate surface area is 180 Å². The zero-order chi connectivity index (χ0) is 21.8. The van der Waals surface area contributed by atoms with Gasteiger partial charge in [0.1, 0.15) is 5.69 Å². The predicted octanol–water partition coefficient (Wildman–Crippen LogP) is 4.87. The van der Waals surface area contributed by atoms with Gasteiger partial charge in [0.05, 0.1) is 23.4 Å². The molecule has 4 rings (SSSR count). The summed E-state index contributed by atoms with van der Waals surface area (Å²) in [4.78, 5) is 31.7. The number of furan rings is 1. The Hall–Kier alpha value is -3.93. The Morgan fingerprint density at radius 2 is 1.77 bits per heavy atom. The highest BCUT2D eigenvalue weighted by molar-refractivity contribution is 6.05. The van der Waals surface area contributed by atoms with Gasteiger partial charge in [-0.3, -0.25) is 4.79 Å². The highest BCUT2D eigenvalue weighted by Crippen LogP contribution is 2.26. The molecular weight excluding hydrogens is 392 g/mol. The molecule has 0 radical (unpaired) electrons. The van der Waals surface area contributed by atoms with Gasteiger partial charge < -0.3 is 14.1 Å². The molecule has 6 nitrogen and oxygen atoms in total. The minimum Gasteiger partial charge on any atom is -0.463 e. The summed E-state index contributed by atoms with van der Waals surface area (Å²) in [6.45, 7) is 1.58. The van der Waals surface area contributed by atoms with Gasteiger partial charge in [0.25, 0.3) is 5.91 Å². The summed E-state index contributed by atoms with van der Waals surface area (Å²) in [6, 6.07) is 22.0. The lowest BCUT2D eigenvalue weighted by Gasteiger charge is -2.25. The molecule has 4 aromatic rings. The van der Waals surface area contributed by atoms with Gasteiger partial charge in [-0.25, -0.2) is 9.78 Å². The molecule has 0 bridgehead atoms. The highest BCUT2D eigenvalue weighted by Gasteiger charge is 2.21. The molecule has 6 heteroatoms. The second-order valence-corrected chi connectivity index (χ2v) is 7.22. The van der Waals surface area contributed by atoms with Crippen LogP contribution in [0.4, 0.5) is 0 Å². The van der Waals surface area contributed by atoms with E-state index < -0.39 is 5.97 Å². The summed E-state index contributed by atoms with van der Waals surface area (Å²) in [7, 11) is 1.70. The molecule has 0 aliphatic heterocycles. The molecule has 0 saturated carbocycles. The van der Waals surface area contributed by atoms with E-state index in [1.165, 1.54) is 0 Å². The number of hydrogen-bond donors (Lipinski definition) is 0. The fourth-order valence-corrected chi connectivity index (χ4v) is 3.37. The number of likely N-dealkylation sites (N-methyl/N-ethyl adjacent to an activating group) is 1. The van der Waals surface area contributed by atoms with E-state index in [0.717, 1.165) is 5.56 Å². The van der Waals surface area contributed by atoms with Gasteiger partial charge in [0.15, 0.2) is 12.4 Å². The van der Waals surface area contributed by atoms with Crippen LogP contribution >= 0.6 is 0 Å². The van der Waals surface area contributed by atoms with Gasteiger partial charge in [0.2, 0.25) is 0 Å². The maximum absolute atomic E-state index is 12.9. The number of nitrogens with zero attached hydrogens (tertiary/aromatic N) is 2. The molecule has 1 unspecified atom stereocenters. The van der Waals surface area contributed by atoms with E-state index >= 15 is 0 Å². The zero-order valence-corrected chi connectivity index (χ0v) is 17.3. The van der Waals surface area contributed by atoms with Gasteiger partial charge >= 0.3 is 5.97 Å². The van der Waals surface area contributed by atoms with Gasteiger partial charge in [-0.05, 0) is 36.8 Å². The van der Waals surface area contributed by atoms with Gasteiger partial charge in [-0.15, -0.1) is 0 Å². The van der Waals surface area contributed by atoms with Crippen LogP contribution in [-0.4, -0.2) is 35.4 Å². The van der Waals surface area contributed by atoms with Crippen LogP contribution in [-0.2, 0) is 9.53 Å². The van der Waals surface area contributed by atoms with Gasteiger partial charge in [-0.1, -0.05) is 48.5 Å². The smallest absolute Gasteiger partial charge is 0.339 e. The zero-order valence-electron chi connectivity index (χ0n) is 17.3. The molecule has 2 heterocycles. The second kappa shape index (κ2) is 8.83.